The van der Waals surface area contributed by atoms with E-state index >= 15 is 0 Å². The summed E-state index contributed by atoms with van der Waals surface area (Å²) in [5, 5.41) is 0. The third kappa shape index (κ3) is 3.93. The Bertz CT molecular complexity index is 243. The molecule has 0 bridgehead atoms. The van der Waals surface area contributed by atoms with Crippen LogP contribution < -0.4 is 5.73 Å². The van der Waals surface area contributed by atoms with Gasteiger partial charge in [-0.2, -0.15) is 0 Å². The van der Waals surface area contributed by atoms with Gasteiger partial charge in [0.2, 0.25) is 0 Å². The van der Waals surface area contributed by atoms with E-state index in [9.17, 15) is 0 Å². The molecule has 1 saturated carbocycles. The molecule has 1 heterocycles. The van der Waals surface area contributed by atoms with Gasteiger partial charge in [-0.1, -0.05) is 32.6 Å². The number of nitrogens with zero attached hydrogens (tertiary/aromatic N) is 1. The lowest BCUT2D eigenvalue weighted by molar-refractivity contribution is 0.0575. The number of rotatable bonds is 6. The van der Waals surface area contributed by atoms with Crippen LogP contribution in [-0.2, 0) is 4.74 Å². The summed E-state index contributed by atoms with van der Waals surface area (Å²) in [6.45, 7) is 7.44. The molecule has 3 nitrogen and oxygen atoms in total. The molecular weight excluding hydrogens is 236 g/mol. The van der Waals surface area contributed by atoms with Gasteiger partial charge in [-0.3, -0.25) is 4.90 Å². The molecule has 2 rings (SSSR count). The summed E-state index contributed by atoms with van der Waals surface area (Å²) in [7, 11) is 0. The predicted octanol–water partition coefficient (Wildman–Crippen LogP) is 2.79. The molecule has 112 valence electrons. The van der Waals surface area contributed by atoms with E-state index < -0.39 is 0 Å². The standard InChI is InChI=1S/C16H32N2O/c1-2-10-18(12-15-7-11-19-13-15)16(14-17)8-5-3-4-6-9-16/h15H,2-14,17H2,1H3. The molecule has 2 aliphatic rings. The number of nitrogens with two attached hydrogens (primary N) is 1. The van der Waals surface area contributed by atoms with Crippen LogP contribution in [0.15, 0.2) is 0 Å². The minimum Gasteiger partial charge on any atom is -0.381 e. The van der Waals surface area contributed by atoms with Crippen LogP contribution in [0, 0.1) is 5.92 Å². The van der Waals surface area contributed by atoms with Gasteiger partial charge in [0.1, 0.15) is 0 Å². The summed E-state index contributed by atoms with van der Waals surface area (Å²) >= 11 is 0. The molecule has 3 heteroatoms. The first kappa shape index (κ1) is 15.3. The molecule has 1 atom stereocenters. The second-order valence-corrected chi connectivity index (χ2v) is 6.52. The topological polar surface area (TPSA) is 38.5 Å². The predicted molar refractivity (Wildman–Crippen MR) is 80.3 cm³/mol. The van der Waals surface area contributed by atoms with Crippen molar-refractivity contribution in [3.05, 3.63) is 0 Å². The van der Waals surface area contributed by atoms with Crippen molar-refractivity contribution in [2.45, 2.75) is 63.8 Å². The van der Waals surface area contributed by atoms with Crippen molar-refractivity contribution < 1.29 is 4.74 Å². The maximum absolute atomic E-state index is 6.24. The molecule has 1 aliphatic carbocycles. The van der Waals surface area contributed by atoms with Gasteiger partial charge in [0, 0.05) is 25.2 Å². The Hall–Kier alpha value is -0.120. The lowest BCUT2D eigenvalue weighted by Crippen LogP contribution is -2.55. The highest BCUT2D eigenvalue weighted by molar-refractivity contribution is 4.94. The lowest BCUT2D eigenvalue weighted by Gasteiger charge is -2.44. The number of hydrogen-bond acceptors (Lipinski definition) is 3. The maximum atomic E-state index is 6.24. The van der Waals surface area contributed by atoms with E-state index in [-0.39, 0.29) is 5.54 Å². The minimum atomic E-state index is 0.287. The molecule has 0 aromatic heterocycles. The van der Waals surface area contributed by atoms with Crippen molar-refractivity contribution >= 4 is 0 Å². The van der Waals surface area contributed by atoms with Crippen LogP contribution in [0.25, 0.3) is 0 Å². The summed E-state index contributed by atoms with van der Waals surface area (Å²) in [5.74, 6) is 0.734. The first-order valence-corrected chi connectivity index (χ1v) is 8.33. The molecule has 1 aliphatic heterocycles. The molecular formula is C16H32N2O. The minimum absolute atomic E-state index is 0.287. The maximum Gasteiger partial charge on any atom is 0.0507 e. The van der Waals surface area contributed by atoms with E-state index in [2.05, 4.69) is 11.8 Å². The van der Waals surface area contributed by atoms with Gasteiger partial charge in [0.05, 0.1) is 6.61 Å². The Morgan fingerprint density at radius 3 is 2.47 bits per heavy atom. The van der Waals surface area contributed by atoms with Crippen molar-refractivity contribution in [2.75, 3.05) is 32.8 Å². The van der Waals surface area contributed by atoms with Crippen LogP contribution >= 0.6 is 0 Å². The highest BCUT2D eigenvalue weighted by atomic mass is 16.5. The van der Waals surface area contributed by atoms with Gasteiger partial charge in [0.15, 0.2) is 0 Å². The summed E-state index contributed by atoms with van der Waals surface area (Å²) in [6.07, 6.45) is 10.6. The van der Waals surface area contributed by atoms with Crippen LogP contribution in [0.3, 0.4) is 0 Å². The largest absolute Gasteiger partial charge is 0.381 e. The first-order chi connectivity index (χ1) is 9.30. The van der Waals surface area contributed by atoms with Gasteiger partial charge < -0.3 is 10.5 Å². The van der Waals surface area contributed by atoms with Gasteiger partial charge in [0.25, 0.3) is 0 Å². The summed E-state index contributed by atoms with van der Waals surface area (Å²) < 4.78 is 5.56. The van der Waals surface area contributed by atoms with E-state index in [1.165, 1.54) is 64.5 Å². The van der Waals surface area contributed by atoms with E-state index in [4.69, 9.17) is 10.5 Å². The number of ether oxygens (including phenoxy) is 1. The van der Waals surface area contributed by atoms with E-state index in [1.807, 2.05) is 0 Å². The zero-order valence-electron chi connectivity index (χ0n) is 12.7. The van der Waals surface area contributed by atoms with Crippen molar-refractivity contribution in [3.8, 4) is 0 Å². The Labute approximate surface area is 118 Å². The van der Waals surface area contributed by atoms with Crippen molar-refractivity contribution in [2.24, 2.45) is 11.7 Å². The van der Waals surface area contributed by atoms with Gasteiger partial charge in [-0.25, -0.2) is 0 Å². The molecule has 0 radical (unpaired) electrons. The monoisotopic (exact) mass is 268 g/mol. The Kier molecular flexibility index (Phi) is 6.11. The molecule has 0 spiro atoms. The van der Waals surface area contributed by atoms with E-state index in [1.54, 1.807) is 0 Å². The third-order valence-corrected chi connectivity index (χ3v) is 5.08. The highest BCUT2D eigenvalue weighted by Gasteiger charge is 2.36. The second kappa shape index (κ2) is 7.61. The molecule has 1 saturated heterocycles. The summed E-state index contributed by atoms with van der Waals surface area (Å²) in [6, 6.07) is 0. The van der Waals surface area contributed by atoms with Crippen LogP contribution in [0.2, 0.25) is 0 Å². The zero-order chi connectivity index (χ0) is 13.6. The van der Waals surface area contributed by atoms with Crippen LogP contribution in [0.4, 0.5) is 0 Å². The average Bonchev–Trinajstić information content (AvgIpc) is 2.81. The normalized spacial score (nSPS) is 27.6. The van der Waals surface area contributed by atoms with Crippen LogP contribution in [0.5, 0.6) is 0 Å². The van der Waals surface area contributed by atoms with E-state index in [0.29, 0.717) is 0 Å². The van der Waals surface area contributed by atoms with Crippen LogP contribution in [-0.4, -0.2) is 43.3 Å². The average molecular weight is 268 g/mol. The quantitative estimate of drug-likeness (QED) is 0.753. The molecule has 2 N–H and O–H groups in total. The fourth-order valence-corrected chi connectivity index (χ4v) is 3.87. The molecule has 19 heavy (non-hydrogen) atoms. The molecule has 2 fully saturated rings. The smallest absolute Gasteiger partial charge is 0.0507 e. The van der Waals surface area contributed by atoms with Crippen molar-refractivity contribution in [3.63, 3.8) is 0 Å². The summed E-state index contributed by atoms with van der Waals surface area (Å²) in [5.41, 5.74) is 6.53. The SMILES string of the molecule is CCCN(CC1CCOC1)C1(CN)CCCCCC1. The Morgan fingerprint density at radius 2 is 1.95 bits per heavy atom. The Morgan fingerprint density at radius 1 is 1.21 bits per heavy atom. The van der Waals surface area contributed by atoms with Crippen molar-refractivity contribution in [1.29, 1.82) is 0 Å². The summed E-state index contributed by atoms with van der Waals surface area (Å²) in [4.78, 5) is 2.73. The highest BCUT2D eigenvalue weighted by Crippen LogP contribution is 2.33. The molecule has 0 aromatic carbocycles. The fourth-order valence-electron chi connectivity index (χ4n) is 3.87. The zero-order valence-corrected chi connectivity index (χ0v) is 12.7. The molecule has 0 aromatic rings. The molecule has 0 amide bonds. The van der Waals surface area contributed by atoms with Gasteiger partial charge in [-0.05, 0) is 38.1 Å². The van der Waals surface area contributed by atoms with E-state index in [0.717, 1.165) is 25.7 Å². The van der Waals surface area contributed by atoms with Gasteiger partial charge in [-0.15, -0.1) is 0 Å². The third-order valence-electron chi connectivity index (χ3n) is 5.08. The van der Waals surface area contributed by atoms with Crippen molar-refractivity contribution in [1.82, 2.24) is 4.90 Å². The van der Waals surface area contributed by atoms with Crippen LogP contribution in [0.1, 0.15) is 58.3 Å². The molecule has 1 unspecified atom stereocenters. The fraction of sp³-hybridized carbons (Fsp3) is 1.00. The lowest BCUT2D eigenvalue weighted by atomic mass is 9.87. The number of hydrogen-bond donors (Lipinski definition) is 1. The second-order valence-electron chi connectivity index (χ2n) is 6.52. The van der Waals surface area contributed by atoms with Gasteiger partial charge >= 0.3 is 0 Å². The first-order valence-electron chi connectivity index (χ1n) is 8.33. The Balaban J connectivity index is 2.03.